The van der Waals surface area contributed by atoms with Gasteiger partial charge in [-0.05, 0) is 60.5 Å². The second-order valence-corrected chi connectivity index (χ2v) is 7.79. The second kappa shape index (κ2) is 6.38. The van der Waals surface area contributed by atoms with Crippen molar-refractivity contribution < 1.29 is 0 Å². The van der Waals surface area contributed by atoms with Crippen LogP contribution >= 0.6 is 0 Å². The summed E-state index contributed by atoms with van der Waals surface area (Å²) >= 11 is 0. The predicted octanol–water partition coefficient (Wildman–Crippen LogP) is 6.32. The van der Waals surface area contributed by atoms with Crippen LogP contribution in [0.2, 0.25) is 0 Å². The summed E-state index contributed by atoms with van der Waals surface area (Å²) in [6, 6.07) is 9.23. The summed E-state index contributed by atoms with van der Waals surface area (Å²) in [5, 5.41) is 0. The predicted molar refractivity (Wildman–Crippen MR) is 93.5 cm³/mol. The highest BCUT2D eigenvalue weighted by molar-refractivity contribution is 5.56. The van der Waals surface area contributed by atoms with E-state index in [-0.39, 0.29) is 0 Å². The maximum absolute atomic E-state index is 2.62. The molecule has 2 radical (unpaired) electrons. The lowest BCUT2D eigenvalue weighted by molar-refractivity contribution is 0.126. The number of rotatable bonds is 2. The Morgan fingerprint density at radius 2 is 1.95 bits per heavy atom. The molecule has 118 valence electrons. The molecule has 0 heteroatoms. The Bertz CT molecular complexity index is 495. The van der Waals surface area contributed by atoms with Gasteiger partial charge in [-0.3, -0.25) is 0 Å². The zero-order valence-corrected chi connectivity index (χ0v) is 14.1. The number of hydrogen-bond donors (Lipinski definition) is 0. The SMILES string of the molecule is CCC1C2[C](CCC1C1C[CH]CCCCC1)c1ccccc12. The van der Waals surface area contributed by atoms with Crippen LogP contribution in [0.3, 0.4) is 0 Å². The molecule has 4 unspecified atom stereocenters. The smallest absolute Gasteiger partial charge is 0.0130 e. The fourth-order valence-corrected chi connectivity index (χ4v) is 5.74. The van der Waals surface area contributed by atoms with Crippen molar-refractivity contribution in [3.8, 4) is 0 Å². The Morgan fingerprint density at radius 3 is 2.86 bits per heavy atom. The molecule has 2 saturated carbocycles. The third-order valence-electron chi connectivity index (χ3n) is 6.77. The first-order chi connectivity index (χ1) is 10.9. The van der Waals surface area contributed by atoms with Crippen molar-refractivity contribution in [3.05, 3.63) is 47.7 Å². The van der Waals surface area contributed by atoms with Gasteiger partial charge in [0.25, 0.3) is 0 Å². The average Bonchev–Trinajstić information content (AvgIpc) is 2.51. The van der Waals surface area contributed by atoms with Gasteiger partial charge in [-0.2, -0.15) is 0 Å². The van der Waals surface area contributed by atoms with Gasteiger partial charge in [-0.15, -0.1) is 0 Å². The van der Waals surface area contributed by atoms with Crippen molar-refractivity contribution in [1.82, 2.24) is 0 Å². The third kappa shape index (κ3) is 2.43. The Kier molecular flexibility index (Phi) is 4.29. The van der Waals surface area contributed by atoms with Gasteiger partial charge in [0.1, 0.15) is 0 Å². The lowest BCUT2D eigenvalue weighted by Crippen LogP contribution is -2.41. The molecule has 22 heavy (non-hydrogen) atoms. The largest absolute Gasteiger partial charge is 0.0651 e. The molecule has 3 aliphatic rings. The summed E-state index contributed by atoms with van der Waals surface area (Å²) in [5.41, 5.74) is 3.28. The molecule has 0 heterocycles. The lowest BCUT2D eigenvalue weighted by atomic mass is 9.51. The molecule has 0 amide bonds. The van der Waals surface area contributed by atoms with Gasteiger partial charge in [-0.25, -0.2) is 0 Å². The van der Waals surface area contributed by atoms with Crippen LogP contribution in [-0.4, -0.2) is 0 Å². The van der Waals surface area contributed by atoms with Gasteiger partial charge >= 0.3 is 0 Å². The summed E-state index contributed by atoms with van der Waals surface area (Å²) in [4.78, 5) is 0. The molecule has 1 aromatic carbocycles. The van der Waals surface area contributed by atoms with Crippen molar-refractivity contribution >= 4 is 0 Å². The highest BCUT2D eigenvalue weighted by Crippen LogP contribution is 2.60. The molecule has 0 aliphatic heterocycles. The summed E-state index contributed by atoms with van der Waals surface area (Å²) in [5.74, 6) is 5.47. The van der Waals surface area contributed by atoms with E-state index < -0.39 is 0 Å². The van der Waals surface area contributed by atoms with E-state index in [4.69, 9.17) is 0 Å². The first kappa shape index (κ1) is 14.8. The Morgan fingerprint density at radius 1 is 1.05 bits per heavy atom. The average molecular weight is 294 g/mol. The fraction of sp³-hybridized carbons (Fsp3) is 0.636. The molecule has 4 atom stereocenters. The van der Waals surface area contributed by atoms with E-state index >= 15 is 0 Å². The molecule has 0 aromatic heterocycles. The van der Waals surface area contributed by atoms with E-state index in [1.165, 1.54) is 57.8 Å². The Balaban J connectivity index is 1.55. The molecule has 4 rings (SSSR count). The van der Waals surface area contributed by atoms with Crippen molar-refractivity contribution in [2.45, 2.75) is 70.6 Å². The summed E-state index contributed by atoms with van der Waals surface area (Å²) < 4.78 is 0. The monoisotopic (exact) mass is 294 g/mol. The van der Waals surface area contributed by atoms with Gasteiger partial charge in [0, 0.05) is 5.92 Å². The van der Waals surface area contributed by atoms with E-state index in [1.807, 2.05) is 0 Å². The molecule has 3 aliphatic carbocycles. The lowest BCUT2D eigenvalue weighted by Gasteiger charge is -2.52. The molecule has 0 bridgehead atoms. The van der Waals surface area contributed by atoms with Gasteiger partial charge in [0.2, 0.25) is 0 Å². The van der Waals surface area contributed by atoms with Crippen molar-refractivity contribution in [2.75, 3.05) is 0 Å². The van der Waals surface area contributed by atoms with E-state index in [9.17, 15) is 0 Å². The molecule has 0 N–H and O–H groups in total. The van der Waals surface area contributed by atoms with Crippen LogP contribution < -0.4 is 0 Å². The molecule has 0 nitrogen and oxygen atoms in total. The van der Waals surface area contributed by atoms with Crippen LogP contribution in [0.4, 0.5) is 0 Å². The van der Waals surface area contributed by atoms with Crippen LogP contribution in [0.5, 0.6) is 0 Å². The van der Waals surface area contributed by atoms with Crippen LogP contribution in [-0.2, 0) is 0 Å². The van der Waals surface area contributed by atoms with E-state index in [1.54, 1.807) is 17.0 Å². The zero-order valence-electron chi connectivity index (χ0n) is 14.1. The highest BCUT2D eigenvalue weighted by Gasteiger charge is 2.48. The standard InChI is InChI=1S/C22H30/c1-2-17-18(16-10-6-4-3-5-7-11-16)14-15-21-19-12-8-9-13-20(19)22(17)21/h6,8-9,12-13,16-18,22H,2-5,7,10-11,14-15H2,1H3. The minimum absolute atomic E-state index is 0.811. The second-order valence-electron chi connectivity index (χ2n) is 7.79. The summed E-state index contributed by atoms with van der Waals surface area (Å²) in [6.07, 6.45) is 15.4. The number of hydrogen-bond acceptors (Lipinski definition) is 0. The molecule has 0 spiro atoms. The highest BCUT2D eigenvalue weighted by atomic mass is 14.5. The number of benzene rings is 1. The van der Waals surface area contributed by atoms with E-state index in [2.05, 4.69) is 37.6 Å². The maximum Gasteiger partial charge on any atom is 0.0130 e. The quantitative estimate of drug-likeness (QED) is 0.599. The minimum Gasteiger partial charge on any atom is -0.0651 e. The van der Waals surface area contributed by atoms with Crippen LogP contribution in [0.15, 0.2) is 24.3 Å². The van der Waals surface area contributed by atoms with Crippen molar-refractivity contribution in [3.63, 3.8) is 0 Å². The zero-order chi connectivity index (χ0) is 14.9. The van der Waals surface area contributed by atoms with Gasteiger partial charge in [0.15, 0.2) is 0 Å². The van der Waals surface area contributed by atoms with Crippen LogP contribution in [0.1, 0.15) is 81.8 Å². The minimum atomic E-state index is 0.811. The molecule has 2 fully saturated rings. The molecule has 1 aromatic rings. The first-order valence-corrected chi connectivity index (χ1v) is 9.66. The summed E-state index contributed by atoms with van der Waals surface area (Å²) in [6.45, 7) is 2.44. The summed E-state index contributed by atoms with van der Waals surface area (Å²) in [7, 11) is 0. The van der Waals surface area contributed by atoms with Crippen molar-refractivity contribution in [2.24, 2.45) is 17.8 Å². The van der Waals surface area contributed by atoms with Crippen LogP contribution in [0.25, 0.3) is 0 Å². The molecular weight excluding hydrogens is 264 g/mol. The van der Waals surface area contributed by atoms with Gasteiger partial charge < -0.3 is 0 Å². The molecule has 0 saturated heterocycles. The molecular formula is C22H30. The van der Waals surface area contributed by atoms with Crippen LogP contribution in [0, 0.1) is 30.1 Å². The Labute approximate surface area is 136 Å². The Hall–Kier alpha value is -0.780. The van der Waals surface area contributed by atoms with E-state index in [0.717, 1.165) is 23.7 Å². The van der Waals surface area contributed by atoms with E-state index in [0.29, 0.717) is 0 Å². The topological polar surface area (TPSA) is 0 Å². The number of fused-ring (bicyclic) bond motifs is 4. The first-order valence-electron chi connectivity index (χ1n) is 9.66. The van der Waals surface area contributed by atoms with Crippen molar-refractivity contribution in [1.29, 1.82) is 0 Å². The third-order valence-corrected chi connectivity index (χ3v) is 6.77. The van der Waals surface area contributed by atoms with Gasteiger partial charge in [0.05, 0.1) is 0 Å². The fourth-order valence-electron chi connectivity index (χ4n) is 5.74. The maximum atomic E-state index is 2.62. The van der Waals surface area contributed by atoms with Gasteiger partial charge in [-0.1, -0.05) is 69.7 Å². The normalized spacial score (nSPS) is 33.2.